The van der Waals surface area contributed by atoms with Crippen LogP contribution in [0, 0.1) is 5.92 Å². The van der Waals surface area contributed by atoms with Crippen LogP contribution in [0.3, 0.4) is 0 Å². The van der Waals surface area contributed by atoms with Gasteiger partial charge in [-0.05, 0) is 12.3 Å². The van der Waals surface area contributed by atoms with Gasteiger partial charge in [0.1, 0.15) is 0 Å². The molecule has 0 radical (unpaired) electrons. The number of hydrogen-bond donors (Lipinski definition) is 1. The molecule has 0 rings (SSSR count). The molecule has 11 heavy (non-hydrogen) atoms. The third-order valence-electron chi connectivity index (χ3n) is 2.10. The van der Waals surface area contributed by atoms with Crippen molar-refractivity contribution in [3.8, 4) is 0 Å². The van der Waals surface area contributed by atoms with Gasteiger partial charge in [-0.25, -0.2) is 4.89 Å². The van der Waals surface area contributed by atoms with Crippen molar-refractivity contribution in [2.45, 2.75) is 46.0 Å². The Morgan fingerprint density at radius 1 is 1.27 bits per heavy atom. The van der Waals surface area contributed by atoms with E-state index in [1.54, 1.807) is 0 Å². The summed E-state index contributed by atoms with van der Waals surface area (Å²) < 4.78 is 0. The molecule has 1 unspecified atom stereocenters. The van der Waals surface area contributed by atoms with Gasteiger partial charge in [0.2, 0.25) is 0 Å². The van der Waals surface area contributed by atoms with E-state index in [9.17, 15) is 0 Å². The highest BCUT2D eigenvalue weighted by Crippen LogP contribution is 2.13. The molecule has 0 aliphatic carbocycles. The molecular formula is C9H20O2. The molecule has 0 saturated heterocycles. The minimum atomic E-state index is 0.500. The van der Waals surface area contributed by atoms with Gasteiger partial charge >= 0.3 is 0 Å². The molecule has 0 aromatic heterocycles. The third kappa shape index (κ3) is 6.32. The first-order valence-corrected chi connectivity index (χ1v) is 4.61. The molecule has 0 aromatic rings. The van der Waals surface area contributed by atoms with Gasteiger partial charge in [-0.1, -0.05) is 39.5 Å². The minimum absolute atomic E-state index is 0.500. The van der Waals surface area contributed by atoms with Crippen LogP contribution in [-0.2, 0) is 4.89 Å². The van der Waals surface area contributed by atoms with Crippen LogP contribution in [0.25, 0.3) is 0 Å². The van der Waals surface area contributed by atoms with Crippen molar-refractivity contribution >= 4 is 0 Å². The zero-order chi connectivity index (χ0) is 8.53. The summed E-state index contributed by atoms with van der Waals surface area (Å²) in [6, 6.07) is 0. The molecule has 0 aromatic carbocycles. The summed E-state index contributed by atoms with van der Waals surface area (Å²) in [6.07, 6.45) is 6.10. The van der Waals surface area contributed by atoms with E-state index in [0.717, 1.165) is 6.42 Å². The molecule has 2 heteroatoms. The van der Waals surface area contributed by atoms with Crippen LogP contribution >= 0.6 is 0 Å². The molecule has 2 nitrogen and oxygen atoms in total. The SMILES string of the molecule is CCCCCC(CC)COO. The third-order valence-corrected chi connectivity index (χ3v) is 2.10. The summed E-state index contributed by atoms with van der Waals surface area (Å²) in [5.74, 6) is 0.548. The van der Waals surface area contributed by atoms with Gasteiger partial charge in [0.05, 0.1) is 6.61 Å². The number of unbranched alkanes of at least 4 members (excludes halogenated alkanes) is 2. The molecule has 0 amide bonds. The van der Waals surface area contributed by atoms with Crippen LogP contribution < -0.4 is 0 Å². The highest BCUT2D eigenvalue weighted by molar-refractivity contribution is 4.55. The highest BCUT2D eigenvalue weighted by Gasteiger charge is 2.04. The van der Waals surface area contributed by atoms with Crippen molar-refractivity contribution in [3.63, 3.8) is 0 Å². The van der Waals surface area contributed by atoms with E-state index >= 15 is 0 Å². The van der Waals surface area contributed by atoms with E-state index in [-0.39, 0.29) is 0 Å². The lowest BCUT2D eigenvalue weighted by Crippen LogP contribution is -2.06. The quantitative estimate of drug-likeness (QED) is 0.352. The van der Waals surface area contributed by atoms with Crippen LogP contribution in [0.15, 0.2) is 0 Å². The Morgan fingerprint density at radius 2 is 2.00 bits per heavy atom. The van der Waals surface area contributed by atoms with Gasteiger partial charge < -0.3 is 0 Å². The normalized spacial score (nSPS) is 13.4. The minimum Gasteiger partial charge on any atom is -0.252 e. The summed E-state index contributed by atoms with van der Waals surface area (Å²) in [5, 5.41) is 8.22. The lowest BCUT2D eigenvalue weighted by Gasteiger charge is -2.11. The molecule has 0 fully saturated rings. The predicted molar refractivity (Wildman–Crippen MR) is 46.5 cm³/mol. The fourth-order valence-electron chi connectivity index (χ4n) is 1.19. The van der Waals surface area contributed by atoms with Gasteiger partial charge in [0, 0.05) is 0 Å². The van der Waals surface area contributed by atoms with E-state index in [4.69, 9.17) is 5.26 Å². The van der Waals surface area contributed by atoms with Gasteiger partial charge in [0.15, 0.2) is 0 Å². The monoisotopic (exact) mass is 160 g/mol. The number of hydrogen-bond acceptors (Lipinski definition) is 2. The summed E-state index contributed by atoms with van der Waals surface area (Å²) >= 11 is 0. The second kappa shape index (κ2) is 8.02. The van der Waals surface area contributed by atoms with E-state index in [1.807, 2.05) is 0 Å². The molecular weight excluding hydrogens is 140 g/mol. The summed E-state index contributed by atoms with van der Waals surface area (Å²) in [7, 11) is 0. The van der Waals surface area contributed by atoms with Crippen molar-refractivity contribution in [2.75, 3.05) is 6.61 Å². The van der Waals surface area contributed by atoms with E-state index in [2.05, 4.69) is 18.7 Å². The number of rotatable bonds is 7. The second-order valence-electron chi connectivity index (χ2n) is 3.07. The largest absolute Gasteiger partial charge is 0.252 e. The zero-order valence-corrected chi connectivity index (χ0v) is 7.68. The molecule has 0 aliphatic heterocycles. The van der Waals surface area contributed by atoms with Crippen LogP contribution in [0.1, 0.15) is 46.0 Å². The Hall–Kier alpha value is -0.0800. The van der Waals surface area contributed by atoms with Crippen LogP contribution in [0.4, 0.5) is 0 Å². The fraction of sp³-hybridized carbons (Fsp3) is 1.00. The Labute approximate surface area is 69.5 Å². The highest BCUT2D eigenvalue weighted by atomic mass is 17.1. The molecule has 68 valence electrons. The summed E-state index contributed by atoms with van der Waals surface area (Å²) in [4.78, 5) is 4.13. The summed E-state index contributed by atoms with van der Waals surface area (Å²) in [6.45, 7) is 4.83. The van der Waals surface area contributed by atoms with Gasteiger partial charge in [-0.15, -0.1) is 0 Å². The molecule has 0 saturated carbocycles. The first-order valence-electron chi connectivity index (χ1n) is 4.61. The molecule has 0 spiro atoms. The van der Waals surface area contributed by atoms with E-state index in [1.165, 1.54) is 25.7 Å². The average Bonchev–Trinajstić information content (AvgIpc) is 2.03. The standard InChI is InChI=1S/C9H20O2/c1-3-5-6-7-9(4-2)8-11-10/h9-10H,3-8H2,1-2H3. The average molecular weight is 160 g/mol. The lowest BCUT2D eigenvalue weighted by atomic mass is 10.00. The lowest BCUT2D eigenvalue weighted by molar-refractivity contribution is -0.251. The van der Waals surface area contributed by atoms with Crippen LogP contribution in [0.5, 0.6) is 0 Å². The smallest absolute Gasteiger partial charge is 0.0847 e. The topological polar surface area (TPSA) is 29.5 Å². The molecule has 0 bridgehead atoms. The summed E-state index contributed by atoms with van der Waals surface area (Å²) in [5.41, 5.74) is 0. The maximum Gasteiger partial charge on any atom is 0.0847 e. The Kier molecular flexibility index (Phi) is 7.96. The maximum atomic E-state index is 8.22. The van der Waals surface area contributed by atoms with Crippen molar-refractivity contribution < 1.29 is 10.1 Å². The van der Waals surface area contributed by atoms with Crippen LogP contribution in [0.2, 0.25) is 0 Å². The van der Waals surface area contributed by atoms with Gasteiger partial charge in [-0.2, -0.15) is 0 Å². The molecule has 0 heterocycles. The Balaban J connectivity index is 3.20. The van der Waals surface area contributed by atoms with Crippen molar-refractivity contribution in [2.24, 2.45) is 5.92 Å². The molecule has 0 aliphatic rings. The Morgan fingerprint density at radius 3 is 2.45 bits per heavy atom. The van der Waals surface area contributed by atoms with Crippen molar-refractivity contribution in [1.29, 1.82) is 0 Å². The zero-order valence-electron chi connectivity index (χ0n) is 7.68. The van der Waals surface area contributed by atoms with E-state index < -0.39 is 0 Å². The second-order valence-corrected chi connectivity index (χ2v) is 3.07. The first kappa shape index (κ1) is 10.9. The predicted octanol–water partition coefficient (Wildman–Crippen LogP) is 3.08. The first-order chi connectivity index (χ1) is 5.35. The molecule has 1 atom stereocenters. The Bertz CT molecular complexity index is 74.0. The van der Waals surface area contributed by atoms with E-state index in [0.29, 0.717) is 12.5 Å². The van der Waals surface area contributed by atoms with Gasteiger partial charge in [0.25, 0.3) is 0 Å². The van der Waals surface area contributed by atoms with Crippen LogP contribution in [-0.4, -0.2) is 11.9 Å². The van der Waals surface area contributed by atoms with Gasteiger partial charge in [-0.3, -0.25) is 5.26 Å². The van der Waals surface area contributed by atoms with Crippen molar-refractivity contribution in [3.05, 3.63) is 0 Å². The van der Waals surface area contributed by atoms with Crippen molar-refractivity contribution in [1.82, 2.24) is 0 Å². The molecule has 1 N–H and O–H groups in total. The maximum absolute atomic E-state index is 8.22. The fourth-order valence-corrected chi connectivity index (χ4v) is 1.19.